The smallest absolute Gasteiger partial charge is 0.246 e. The molecular formula is C13H19NO3. The summed E-state index contributed by atoms with van der Waals surface area (Å²) in [6, 6.07) is 7.45. The van der Waals surface area contributed by atoms with Crippen LogP contribution >= 0.6 is 0 Å². The van der Waals surface area contributed by atoms with Crippen LogP contribution in [0.15, 0.2) is 24.3 Å². The molecule has 0 aliphatic carbocycles. The predicted molar refractivity (Wildman–Crippen MR) is 65.8 cm³/mol. The van der Waals surface area contributed by atoms with Gasteiger partial charge in [0.1, 0.15) is 12.4 Å². The summed E-state index contributed by atoms with van der Waals surface area (Å²) in [4.78, 5) is 11.2. The van der Waals surface area contributed by atoms with Crippen molar-refractivity contribution in [2.24, 2.45) is 5.92 Å². The maximum atomic E-state index is 11.2. The zero-order chi connectivity index (χ0) is 12.8. The van der Waals surface area contributed by atoms with Crippen molar-refractivity contribution in [3.8, 4) is 5.75 Å². The van der Waals surface area contributed by atoms with E-state index in [0.29, 0.717) is 0 Å². The topological polar surface area (TPSA) is 58.6 Å². The molecule has 1 rings (SSSR count). The van der Waals surface area contributed by atoms with Crippen LogP contribution in [0, 0.1) is 5.92 Å². The van der Waals surface area contributed by atoms with E-state index in [4.69, 9.17) is 9.84 Å². The molecule has 1 amide bonds. The summed E-state index contributed by atoms with van der Waals surface area (Å²) in [5.41, 5.74) is 1.00. The van der Waals surface area contributed by atoms with Crippen LogP contribution < -0.4 is 10.1 Å². The van der Waals surface area contributed by atoms with Gasteiger partial charge in [0.2, 0.25) is 5.91 Å². The van der Waals surface area contributed by atoms with Crippen LogP contribution in [0.25, 0.3) is 0 Å². The van der Waals surface area contributed by atoms with Crippen LogP contribution in [0.1, 0.15) is 25.5 Å². The SMILES string of the molecule is COc1ccc(C(NC(=O)CO)C(C)C)cc1. The molecule has 1 aromatic carbocycles. The van der Waals surface area contributed by atoms with E-state index < -0.39 is 6.61 Å². The van der Waals surface area contributed by atoms with Gasteiger partial charge in [-0.25, -0.2) is 0 Å². The molecule has 0 aliphatic heterocycles. The van der Waals surface area contributed by atoms with E-state index in [-0.39, 0.29) is 17.9 Å². The molecule has 2 N–H and O–H groups in total. The number of ether oxygens (including phenoxy) is 1. The summed E-state index contributed by atoms with van der Waals surface area (Å²) in [5, 5.41) is 11.6. The van der Waals surface area contributed by atoms with Gasteiger partial charge in [0, 0.05) is 0 Å². The highest BCUT2D eigenvalue weighted by Crippen LogP contribution is 2.23. The lowest BCUT2D eigenvalue weighted by atomic mass is 9.96. The lowest BCUT2D eigenvalue weighted by molar-refractivity contribution is -0.124. The Morgan fingerprint density at radius 2 is 1.94 bits per heavy atom. The molecule has 1 atom stereocenters. The average Bonchev–Trinajstić information content (AvgIpc) is 2.35. The highest BCUT2D eigenvalue weighted by atomic mass is 16.5. The summed E-state index contributed by atoms with van der Waals surface area (Å²) >= 11 is 0. The fourth-order valence-corrected chi connectivity index (χ4v) is 1.67. The standard InChI is InChI=1S/C13H19NO3/c1-9(2)13(14-12(16)8-15)10-4-6-11(17-3)7-5-10/h4-7,9,13,15H,8H2,1-3H3,(H,14,16). The van der Waals surface area contributed by atoms with Crippen LogP contribution in [-0.2, 0) is 4.79 Å². The third kappa shape index (κ3) is 3.75. The number of rotatable bonds is 5. The summed E-state index contributed by atoms with van der Waals surface area (Å²) in [5.74, 6) is 0.670. The van der Waals surface area contributed by atoms with Crippen molar-refractivity contribution in [1.29, 1.82) is 0 Å². The number of amides is 1. The minimum atomic E-state index is -0.487. The Bertz CT molecular complexity index is 359. The number of carbonyl (C=O) groups is 1. The van der Waals surface area contributed by atoms with Crippen LogP contribution in [-0.4, -0.2) is 24.7 Å². The first-order valence-electron chi connectivity index (χ1n) is 5.62. The first kappa shape index (κ1) is 13.5. The van der Waals surface area contributed by atoms with Crippen LogP contribution in [0.5, 0.6) is 5.75 Å². The minimum absolute atomic E-state index is 0.0967. The zero-order valence-corrected chi connectivity index (χ0v) is 10.4. The minimum Gasteiger partial charge on any atom is -0.497 e. The average molecular weight is 237 g/mol. The van der Waals surface area contributed by atoms with Gasteiger partial charge in [0.25, 0.3) is 0 Å². The normalized spacial score (nSPS) is 12.3. The zero-order valence-electron chi connectivity index (χ0n) is 10.4. The third-order valence-electron chi connectivity index (χ3n) is 2.60. The van der Waals surface area contributed by atoms with Gasteiger partial charge >= 0.3 is 0 Å². The number of aliphatic hydroxyl groups excluding tert-OH is 1. The number of aliphatic hydroxyl groups is 1. The molecule has 0 aliphatic rings. The fourth-order valence-electron chi connectivity index (χ4n) is 1.67. The van der Waals surface area contributed by atoms with Crippen molar-refractivity contribution in [2.45, 2.75) is 19.9 Å². The van der Waals surface area contributed by atoms with Gasteiger partial charge in [-0.1, -0.05) is 26.0 Å². The molecule has 0 aromatic heterocycles. The van der Waals surface area contributed by atoms with Gasteiger partial charge in [-0.2, -0.15) is 0 Å². The highest BCUT2D eigenvalue weighted by Gasteiger charge is 2.17. The molecule has 0 saturated carbocycles. The van der Waals surface area contributed by atoms with Crippen molar-refractivity contribution in [3.05, 3.63) is 29.8 Å². The molecule has 4 heteroatoms. The second-order valence-electron chi connectivity index (χ2n) is 4.22. The van der Waals surface area contributed by atoms with Crippen molar-refractivity contribution >= 4 is 5.91 Å². The Morgan fingerprint density at radius 1 is 1.35 bits per heavy atom. The second-order valence-corrected chi connectivity index (χ2v) is 4.22. The van der Waals surface area contributed by atoms with Gasteiger partial charge < -0.3 is 15.2 Å². The van der Waals surface area contributed by atoms with E-state index in [9.17, 15) is 4.79 Å². The second kappa shape index (κ2) is 6.25. The lowest BCUT2D eigenvalue weighted by Gasteiger charge is -2.22. The molecule has 1 aromatic rings. The Kier molecular flexibility index (Phi) is 4.97. The molecule has 94 valence electrons. The Labute approximate surface area is 102 Å². The molecule has 0 heterocycles. The Balaban J connectivity index is 2.85. The van der Waals surface area contributed by atoms with Gasteiger partial charge in [-0.3, -0.25) is 4.79 Å². The number of benzene rings is 1. The number of nitrogens with one attached hydrogen (secondary N) is 1. The number of hydrogen-bond acceptors (Lipinski definition) is 3. The van der Waals surface area contributed by atoms with E-state index in [1.54, 1.807) is 7.11 Å². The van der Waals surface area contributed by atoms with Gasteiger partial charge in [-0.05, 0) is 23.6 Å². The lowest BCUT2D eigenvalue weighted by Crippen LogP contribution is -2.33. The van der Waals surface area contributed by atoms with Gasteiger partial charge in [-0.15, -0.1) is 0 Å². The van der Waals surface area contributed by atoms with Crippen LogP contribution in [0.4, 0.5) is 0 Å². The summed E-state index contributed by atoms with van der Waals surface area (Å²) < 4.78 is 5.08. The van der Waals surface area contributed by atoms with Crippen molar-refractivity contribution in [3.63, 3.8) is 0 Å². The Morgan fingerprint density at radius 3 is 2.35 bits per heavy atom. The molecule has 1 unspecified atom stereocenters. The summed E-state index contributed by atoms with van der Waals surface area (Å²) in [6.45, 7) is 3.55. The molecule has 0 saturated heterocycles. The highest BCUT2D eigenvalue weighted by molar-refractivity contribution is 5.77. The van der Waals surface area contributed by atoms with E-state index >= 15 is 0 Å². The third-order valence-corrected chi connectivity index (χ3v) is 2.60. The van der Waals surface area contributed by atoms with Gasteiger partial charge in [0.15, 0.2) is 0 Å². The molecule has 17 heavy (non-hydrogen) atoms. The maximum absolute atomic E-state index is 11.2. The number of carbonyl (C=O) groups excluding carboxylic acids is 1. The first-order valence-corrected chi connectivity index (χ1v) is 5.62. The quantitative estimate of drug-likeness (QED) is 0.816. The molecule has 0 bridgehead atoms. The molecular weight excluding hydrogens is 218 g/mol. The summed E-state index contributed by atoms with van der Waals surface area (Å²) in [6.07, 6.45) is 0. The number of methoxy groups -OCH3 is 1. The monoisotopic (exact) mass is 237 g/mol. The molecule has 0 fully saturated rings. The fraction of sp³-hybridized carbons (Fsp3) is 0.462. The van der Waals surface area contributed by atoms with Crippen molar-refractivity contribution in [1.82, 2.24) is 5.32 Å². The maximum Gasteiger partial charge on any atom is 0.246 e. The van der Waals surface area contributed by atoms with E-state index in [1.807, 2.05) is 38.1 Å². The largest absolute Gasteiger partial charge is 0.497 e. The van der Waals surface area contributed by atoms with Gasteiger partial charge in [0.05, 0.1) is 13.2 Å². The van der Waals surface area contributed by atoms with Crippen LogP contribution in [0.3, 0.4) is 0 Å². The van der Waals surface area contributed by atoms with E-state index in [1.165, 1.54) is 0 Å². The molecule has 4 nitrogen and oxygen atoms in total. The predicted octanol–water partition coefficient (Wildman–Crippen LogP) is 1.50. The van der Waals surface area contributed by atoms with Crippen molar-refractivity contribution in [2.75, 3.05) is 13.7 Å². The van der Waals surface area contributed by atoms with Crippen molar-refractivity contribution < 1.29 is 14.6 Å². The molecule has 0 spiro atoms. The first-order chi connectivity index (χ1) is 8.08. The summed E-state index contributed by atoms with van der Waals surface area (Å²) in [7, 11) is 1.61. The number of hydrogen-bond donors (Lipinski definition) is 2. The van der Waals surface area contributed by atoms with E-state index in [2.05, 4.69) is 5.32 Å². The van der Waals surface area contributed by atoms with E-state index in [0.717, 1.165) is 11.3 Å². The Hall–Kier alpha value is -1.55. The molecule has 0 radical (unpaired) electrons. The van der Waals surface area contributed by atoms with Crippen LogP contribution in [0.2, 0.25) is 0 Å².